The first-order valence-electron chi connectivity index (χ1n) is 6.54. The van der Waals surface area contributed by atoms with Gasteiger partial charge in [0.25, 0.3) is 0 Å². The van der Waals surface area contributed by atoms with Crippen LogP contribution in [0.15, 0.2) is 42.6 Å². The summed E-state index contributed by atoms with van der Waals surface area (Å²) in [6, 6.07) is 12.2. The van der Waals surface area contributed by atoms with Gasteiger partial charge in [-0.15, -0.1) is 0 Å². The van der Waals surface area contributed by atoms with Crippen LogP contribution >= 0.6 is 0 Å². The molecule has 0 aliphatic rings. The molecule has 3 nitrogen and oxygen atoms in total. The highest BCUT2D eigenvalue weighted by Crippen LogP contribution is 2.20. The van der Waals surface area contributed by atoms with Crippen molar-refractivity contribution in [2.75, 3.05) is 12.4 Å². The van der Waals surface area contributed by atoms with E-state index in [0.29, 0.717) is 12.5 Å². The van der Waals surface area contributed by atoms with Gasteiger partial charge in [0.15, 0.2) is 0 Å². The maximum atomic E-state index is 5.80. The molecule has 0 amide bonds. The van der Waals surface area contributed by atoms with E-state index in [1.54, 1.807) is 0 Å². The zero-order chi connectivity index (χ0) is 13.7. The first-order chi connectivity index (χ1) is 9.19. The molecule has 0 unspecified atom stereocenters. The predicted octanol–water partition coefficient (Wildman–Crippen LogP) is 3.83. The fraction of sp³-hybridized carbons (Fsp3) is 0.312. The summed E-state index contributed by atoms with van der Waals surface area (Å²) in [5.74, 6) is 2.29. The van der Waals surface area contributed by atoms with Gasteiger partial charge in [-0.2, -0.15) is 0 Å². The molecule has 0 saturated heterocycles. The van der Waals surface area contributed by atoms with E-state index in [-0.39, 0.29) is 0 Å². The Labute approximate surface area is 114 Å². The van der Waals surface area contributed by atoms with Crippen LogP contribution in [0.2, 0.25) is 0 Å². The van der Waals surface area contributed by atoms with E-state index < -0.39 is 0 Å². The van der Waals surface area contributed by atoms with Crippen molar-refractivity contribution in [1.29, 1.82) is 0 Å². The predicted molar refractivity (Wildman–Crippen MR) is 78.6 cm³/mol. The molecule has 0 atom stereocenters. The Bertz CT molecular complexity index is 521. The van der Waals surface area contributed by atoms with E-state index in [9.17, 15) is 0 Å². The van der Waals surface area contributed by atoms with Crippen LogP contribution in [-0.4, -0.2) is 12.0 Å². The highest BCUT2D eigenvalue weighted by molar-refractivity contribution is 5.35. The molecule has 100 valence electrons. The molecule has 2 aromatic rings. The van der Waals surface area contributed by atoms with Crippen LogP contribution in [0.1, 0.15) is 30.9 Å². The second-order valence-electron chi connectivity index (χ2n) is 4.82. The highest BCUT2D eigenvalue weighted by Gasteiger charge is 2.02. The quantitative estimate of drug-likeness (QED) is 0.883. The van der Waals surface area contributed by atoms with Crippen LogP contribution in [-0.2, 0) is 6.61 Å². The number of nitrogens with zero attached hydrogens (tertiary/aromatic N) is 1. The zero-order valence-corrected chi connectivity index (χ0v) is 11.7. The molecular formula is C16H20N2O. The van der Waals surface area contributed by atoms with Crippen molar-refractivity contribution in [3.8, 4) is 5.75 Å². The summed E-state index contributed by atoms with van der Waals surface area (Å²) in [5.41, 5.74) is 2.36. The topological polar surface area (TPSA) is 34.1 Å². The van der Waals surface area contributed by atoms with Gasteiger partial charge in [0.2, 0.25) is 0 Å². The van der Waals surface area contributed by atoms with Gasteiger partial charge >= 0.3 is 0 Å². The molecule has 1 aromatic heterocycles. The Morgan fingerprint density at radius 2 is 2.05 bits per heavy atom. The van der Waals surface area contributed by atoms with Gasteiger partial charge in [-0.05, 0) is 29.7 Å². The van der Waals surface area contributed by atoms with Gasteiger partial charge in [-0.1, -0.05) is 32.0 Å². The largest absolute Gasteiger partial charge is 0.489 e. The molecule has 0 fully saturated rings. The number of benzene rings is 1. The third kappa shape index (κ3) is 3.71. The Morgan fingerprint density at radius 1 is 1.21 bits per heavy atom. The molecule has 3 heteroatoms. The minimum Gasteiger partial charge on any atom is -0.489 e. The number of anilines is 1. The molecule has 0 radical (unpaired) electrons. The van der Waals surface area contributed by atoms with Crippen molar-refractivity contribution in [2.45, 2.75) is 26.4 Å². The van der Waals surface area contributed by atoms with Crippen LogP contribution in [0.25, 0.3) is 0 Å². The number of ether oxygens (including phenoxy) is 1. The molecule has 0 spiro atoms. The number of nitrogens with one attached hydrogen (secondary N) is 1. The number of rotatable bonds is 5. The summed E-state index contributed by atoms with van der Waals surface area (Å²) in [6.45, 7) is 4.90. The van der Waals surface area contributed by atoms with Crippen molar-refractivity contribution < 1.29 is 4.74 Å². The molecule has 0 aliphatic carbocycles. The minimum absolute atomic E-state index is 0.514. The fourth-order valence-electron chi connectivity index (χ4n) is 1.79. The van der Waals surface area contributed by atoms with E-state index >= 15 is 0 Å². The summed E-state index contributed by atoms with van der Waals surface area (Å²) >= 11 is 0. The minimum atomic E-state index is 0.514. The van der Waals surface area contributed by atoms with E-state index in [2.05, 4.69) is 36.3 Å². The van der Waals surface area contributed by atoms with Crippen LogP contribution in [0.4, 0.5) is 5.82 Å². The Morgan fingerprint density at radius 3 is 2.68 bits per heavy atom. The average molecular weight is 256 g/mol. The smallest absolute Gasteiger partial charge is 0.125 e. The van der Waals surface area contributed by atoms with Crippen molar-refractivity contribution >= 4 is 5.82 Å². The van der Waals surface area contributed by atoms with Crippen LogP contribution < -0.4 is 10.1 Å². The summed E-state index contributed by atoms with van der Waals surface area (Å²) in [5, 5.41) is 3.00. The van der Waals surface area contributed by atoms with Gasteiger partial charge in [-0.3, -0.25) is 0 Å². The van der Waals surface area contributed by atoms with Crippen LogP contribution in [0.3, 0.4) is 0 Å². The third-order valence-corrected chi connectivity index (χ3v) is 3.01. The van der Waals surface area contributed by atoms with Crippen molar-refractivity contribution in [3.05, 3.63) is 53.7 Å². The fourth-order valence-corrected chi connectivity index (χ4v) is 1.79. The van der Waals surface area contributed by atoms with Crippen LogP contribution in [0.5, 0.6) is 5.75 Å². The van der Waals surface area contributed by atoms with Gasteiger partial charge in [0.1, 0.15) is 18.2 Å². The van der Waals surface area contributed by atoms with Crippen molar-refractivity contribution in [2.24, 2.45) is 0 Å². The lowest BCUT2D eigenvalue weighted by Crippen LogP contribution is -1.98. The average Bonchev–Trinajstić information content (AvgIpc) is 2.46. The first kappa shape index (κ1) is 13.4. The monoisotopic (exact) mass is 256 g/mol. The first-order valence-corrected chi connectivity index (χ1v) is 6.54. The standard InChI is InChI=1S/C16H20N2O/c1-12(2)14-5-4-6-15(9-14)19-11-13-7-8-16(17-3)18-10-13/h4-10,12H,11H2,1-3H3,(H,17,18). The third-order valence-electron chi connectivity index (χ3n) is 3.01. The summed E-state index contributed by atoms with van der Waals surface area (Å²) in [4.78, 5) is 4.26. The van der Waals surface area contributed by atoms with Gasteiger partial charge in [-0.25, -0.2) is 4.98 Å². The zero-order valence-electron chi connectivity index (χ0n) is 11.7. The Kier molecular flexibility index (Phi) is 4.39. The molecule has 2 rings (SSSR count). The molecule has 19 heavy (non-hydrogen) atoms. The lowest BCUT2D eigenvalue weighted by molar-refractivity contribution is 0.305. The van der Waals surface area contributed by atoms with Gasteiger partial charge in [0, 0.05) is 18.8 Å². The SMILES string of the molecule is CNc1ccc(COc2cccc(C(C)C)c2)cn1. The lowest BCUT2D eigenvalue weighted by Gasteiger charge is -2.10. The number of aromatic nitrogens is 1. The second-order valence-corrected chi connectivity index (χ2v) is 4.82. The number of hydrogen-bond acceptors (Lipinski definition) is 3. The van der Waals surface area contributed by atoms with Gasteiger partial charge < -0.3 is 10.1 Å². The maximum absolute atomic E-state index is 5.80. The Balaban J connectivity index is 1.99. The maximum Gasteiger partial charge on any atom is 0.125 e. The molecule has 1 aromatic carbocycles. The van der Waals surface area contributed by atoms with Gasteiger partial charge in [0.05, 0.1) is 0 Å². The van der Waals surface area contributed by atoms with Crippen molar-refractivity contribution in [3.63, 3.8) is 0 Å². The summed E-state index contributed by atoms with van der Waals surface area (Å²) in [7, 11) is 1.86. The molecule has 0 saturated carbocycles. The molecular weight excluding hydrogens is 236 g/mol. The van der Waals surface area contributed by atoms with E-state index in [1.807, 2.05) is 37.5 Å². The molecule has 0 aliphatic heterocycles. The summed E-state index contributed by atoms with van der Waals surface area (Å²) in [6.07, 6.45) is 1.83. The highest BCUT2D eigenvalue weighted by atomic mass is 16.5. The number of hydrogen-bond donors (Lipinski definition) is 1. The van der Waals surface area contributed by atoms with Crippen molar-refractivity contribution in [1.82, 2.24) is 4.98 Å². The van der Waals surface area contributed by atoms with E-state index in [0.717, 1.165) is 17.1 Å². The normalized spacial score (nSPS) is 10.5. The second kappa shape index (κ2) is 6.23. The number of pyridine rings is 1. The lowest BCUT2D eigenvalue weighted by atomic mass is 10.0. The van der Waals surface area contributed by atoms with Crippen LogP contribution in [0, 0.1) is 0 Å². The molecule has 0 bridgehead atoms. The Hall–Kier alpha value is -2.03. The van der Waals surface area contributed by atoms with E-state index in [4.69, 9.17) is 4.74 Å². The summed E-state index contributed by atoms with van der Waals surface area (Å²) < 4.78 is 5.80. The van der Waals surface area contributed by atoms with E-state index in [1.165, 1.54) is 5.56 Å². The molecule has 1 heterocycles. The molecule has 1 N–H and O–H groups in total.